The van der Waals surface area contributed by atoms with Crippen LogP contribution >= 0.6 is 0 Å². The molecule has 0 radical (unpaired) electrons. The fourth-order valence-electron chi connectivity index (χ4n) is 1.70. The third-order valence-electron chi connectivity index (χ3n) is 2.54. The molecule has 5 nitrogen and oxygen atoms in total. The van der Waals surface area contributed by atoms with Crippen molar-refractivity contribution in [2.75, 3.05) is 6.61 Å². The van der Waals surface area contributed by atoms with Crippen molar-refractivity contribution < 1.29 is 19.1 Å². The number of rotatable bonds is 5. The van der Waals surface area contributed by atoms with E-state index in [0.717, 1.165) is 5.56 Å². The monoisotopic (exact) mass is 305 g/mol. The van der Waals surface area contributed by atoms with Crippen LogP contribution in [0.3, 0.4) is 0 Å². The molecule has 0 fully saturated rings. The molecule has 0 saturated carbocycles. The third-order valence-corrected chi connectivity index (χ3v) is 2.54. The minimum absolute atomic E-state index is 0.304. The molecule has 1 N–H and O–H groups in total. The second-order valence-electron chi connectivity index (χ2n) is 5.65. The highest BCUT2D eigenvalue weighted by molar-refractivity contribution is 5.82. The van der Waals surface area contributed by atoms with Crippen LogP contribution in [0.25, 0.3) is 0 Å². The summed E-state index contributed by atoms with van der Waals surface area (Å²) < 4.78 is 10.1. The maximum absolute atomic E-state index is 11.9. The van der Waals surface area contributed by atoms with E-state index in [0.29, 0.717) is 6.61 Å². The molecule has 1 rings (SSSR count). The molecule has 0 heterocycles. The van der Waals surface area contributed by atoms with Gasteiger partial charge in [0.25, 0.3) is 0 Å². The highest BCUT2D eigenvalue weighted by atomic mass is 16.6. The Balaban J connectivity index is 2.84. The van der Waals surface area contributed by atoms with Gasteiger partial charge in [-0.15, -0.1) is 0 Å². The molecule has 0 aromatic heterocycles. The average Bonchev–Trinajstić information content (AvgIpc) is 2.42. The van der Waals surface area contributed by atoms with Crippen molar-refractivity contribution in [3.63, 3.8) is 0 Å². The number of ether oxygens (including phenoxy) is 2. The number of hydrogen-bond acceptors (Lipinski definition) is 4. The summed E-state index contributed by atoms with van der Waals surface area (Å²) in [5.74, 6) is -0.450. The second kappa shape index (κ2) is 8.22. The summed E-state index contributed by atoms with van der Waals surface area (Å²) >= 11 is 0. The lowest BCUT2D eigenvalue weighted by Crippen LogP contribution is -2.34. The van der Waals surface area contributed by atoms with Gasteiger partial charge in [-0.3, -0.25) is 0 Å². The number of esters is 1. The van der Waals surface area contributed by atoms with E-state index in [1.165, 1.54) is 6.08 Å². The predicted octanol–water partition coefficient (Wildman–Crippen LogP) is 3.37. The molecule has 0 spiro atoms. The van der Waals surface area contributed by atoms with Crippen LogP contribution in [-0.2, 0) is 14.3 Å². The first-order chi connectivity index (χ1) is 10.3. The summed E-state index contributed by atoms with van der Waals surface area (Å²) in [6.07, 6.45) is 2.34. The van der Waals surface area contributed by atoms with Crippen LogP contribution in [0.5, 0.6) is 0 Å². The maximum Gasteiger partial charge on any atom is 0.408 e. The Bertz CT molecular complexity index is 517. The molecule has 1 amide bonds. The van der Waals surface area contributed by atoms with E-state index >= 15 is 0 Å². The number of carbonyl (C=O) groups is 2. The lowest BCUT2D eigenvalue weighted by Gasteiger charge is -2.22. The Morgan fingerprint density at radius 1 is 1.23 bits per heavy atom. The molecule has 5 heteroatoms. The largest absolute Gasteiger partial charge is 0.463 e. The van der Waals surface area contributed by atoms with E-state index < -0.39 is 23.7 Å². The zero-order valence-electron chi connectivity index (χ0n) is 13.5. The molecule has 0 saturated heterocycles. The third kappa shape index (κ3) is 6.92. The average molecular weight is 305 g/mol. The molecule has 120 valence electrons. The van der Waals surface area contributed by atoms with Crippen molar-refractivity contribution in [1.82, 2.24) is 5.32 Å². The molecular formula is C17H23NO4. The minimum atomic E-state index is -0.587. The first-order valence-electron chi connectivity index (χ1n) is 7.21. The van der Waals surface area contributed by atoms with Gasteiger partial charge in [-0.1, -0.05) is 36.4 Å². The zero-order chi connectivity index (χ0) is 16.6. The number of alkyl carbamates (subject to hydrolysis) is 1. The Morgan fingerprint density at radius 2 is 1.86 bits per heavy atom. The molecule has 0 aliphatic carbocycles. The van der Waals surface area contributed by atoms with Gasteiger partial charge in [0.15, 0.2) is 0 Å². The van der Waals surface area contributed by atoms with E-state index in [4.69, 9.17) is 9.47 Å². The Labute approximate surface area is 131 Å². The Hall–Kier alpha value is -2.30. The predicted molar refractivity (Wildman–Crippen MR) is 84.3 cm³/mol. The van der Waals surface area contributed by atoms with Gasteiger partial charge in [-0.2, -0.15) is 0 Å². The first-order valence-corrected chi connectivity index (χ1v) is 7.21. The lowest BCUT2D eigenvalue weighted by atomic mass is 10.1. The van der Waals surface area contributed by atoms with Crippen LogP contribution in [0.15, 0.2) is 42.5 Å². The number of carbonyl (C=O) groups excluding carboxylic acids is 2. The number of amides is 1. The molecule has 1 aromatic carbocycles. The highest BCUT2D eigenvalue weighted by Crippen LogP contribution is 2.16. The van der Waals surface area contributed by atoms with Crippen LogP contribution in [0, 0.1) is 0 Å². The summed E-state index contributed by atoms with van der Waals surface area (Å²) in [6.45, 7) is 7.41. The van der Waals surface area contributed by atoms with Crippen molar-refractivity contribution >= 4 is 12.1 Å². The van der Waals surface area contributed by atoms with Crippen molar-refractivity contribution in [2.24, 2.45) is 0 Å². The smallest absolute Gasteiger partial charge is 0.408 e. The SMILES string of the molecule is CCOC(=O)/C=C/[C@@H](NC(=O)OC(C)(C)C)c1ccccc1. The fourth-order valence-corrected chi connectivity index (χ4v) is 1.70. The zero-order valence-corrected chi connectivity index (χ0v) is 13.5. The van der Waals surface area contributed by atoms with Gasteiger partial charge in [0.2, 0.25) is 0 Å². The Kier molecular flexibility index (Phi) is 6.63. The van der Waals surface area contributed by atoms with Crippen LogP contribution < -0.4 is 5.32 Å². The van der Waals surface area contributed by atoms with E-state index in [2.05, 4.69) is 5.32 Å². The molecule has 22 heavy (non-hydrogen) atoms. The maximum atomic E-state index is 11.9. The van der Waals surface area contributed by atoms with Gasteiger partial charge in [-0.05, 0) is 33.3 Å². The molecule has 0 aliphatic rings. The number of nitrogens with one attached hydrogen (secondary N) is 1. The molecule has 1 aromatic rings. The van der Waals surface area contributed by atoms with Crippen LogP contribution in [0.4, 0.5) is 4.79 Å². The second-order valence-corrected chi connectivity index (χ2v) is 5.65. The van der Waals surface area contributed by atoms with Crippen molar-refractivity contribution in [3.05, 3.63) is 48.0 Å². The van der Waals surface area contributed by atoms with Crippen LogP contribution in [0.2, 0.25) is 0 Å². The molecule has 1 atom stereocenters. The van der Waals surface area contributed by atoms with E-state index in [1.54, 1.807) is 33.8 Å². The van der Waals surface area contributed by atoms with E-state index in [9.17, 15) is 9.59 Å². The van der Waals surface area contributed by atoms with Gasteiger partial charge in [-0.25, -0.2) is 9.59 Å². The normalized spacial score (nSPS) is 12.7. The van der Waals surface area contributed by atoms with E-state index in [-0.39, 0.29) is 0 Å². The van der Waals surface area contributed by atoms with Crippen molar-refractivity contribution in [1.29, 1.82) is 0 Å². The van der Waals surface area contributed by atoms with Gasteiger partial charge >= 0.3 is 12.1 Å². The van der Waals surface area contributed by atoms with Gasteiger partial charge in [0.05, 0.1) is 12.6 Å². The van der Waals surface area contributed by atoms with Gasteiger partial charge in [0.1, 0.15) is 5.60 Å². The minimum Gasteiger partial charge on any atom is -0.463 e. The molecule has 0 bridgehead atoms. The van der Waals surface area contributed by atoms with Gasteiger partial charge < -0.3 is 14.8 Å². The van der Waals surface area contributed by atoms with E-state index in [1.807, 2.05) is 30.3 Å². The number of benzene rings is 1. The summed E-state index contributed by atoms with van der Waals surface area (Å²) in [6, 6.07) is 8.84. The first kappa shape index (κ1) is 17.8. The van der Waals surface area contributed by atoms with Crippen LogP contribution in [0.1, 0.15) is 39.3 Å². The van der Waals surface area contributed by atoms with Gasteiger partial charge in [0, 0.05) is 6.08 Å². The topological polar surface area (TPSA) is 64.6 Å². The summed E-state index contributed by atoms with van der Waals surface area (Å²) in [5, 5.41) is 2.73. The standard InChI is InChI=1S/C17H23NO4/c1-5-21-15(19)12-11-14(13-9-7-6-8-10-13)18-16(20)22-17(2,3)4/h6-12,14H,5H2,1-4H3,(H,18,20)/b12-11+/t14-/m1/s1. The highest BCUT2D eigenvalue weighted by Gasteiger charge is 2.19. The quantitative estimate of drug-likeness (QED) is 0.669. The summed E-state index contributed by atoms with van der Waals surface area (Å²) in [4.78, 5) is 23.4. The fraction of sp³-hybridized carbons (Fsp3) is 0.412. The lowest BCUT2D eigenvalue weighted by molar-refractivity contribution is -0.137. The Morgan fingerprint density at radius 3 is 2.41 bits per heavy atom. The van der Waals surface area contributed by atoms with Crippen LogP contribution in [-0.4, -0.2) is 24.3 Å². The molecule has 0 aliphatic heterocycles. The summed E-state index contributed by atoms with van der Waals surface area (Å²) in [7, 11) is 0. The van der Waals surface area contributed by atoms with Crippen molar-refractivity contribution in [3.8, 4) is 0 Å². The van der Waals surface area contributed by atoms with Crippen molar-refractivity contribution in [2.45, 2.75) is 39.3 Å². The molecular weight excluding hydrogens is 282 g/mol. The molecule has 0 unspecified atom stereocenters. The summed E-state index contributed by atoms with van der Waals surface area (Å²) in [5.41, 5.74) is 0.254. The number of hydrogen-bond donors (Lipinski definition) is 1.